The summed E-state index contributed by atoms with van der Waals surface area (Å²) in [6.07, 6.45) is 0. The van der Waals surface area contributed by atoms with Crippen LogP contribution >= 0.6 is 15.9 Å². The first-order valence-electron chi connectivity index (χ1n) is 5.79. The fraction of sp³-hybridized carbons (Fsp3) is 0. The maximum atomic E-state index is 12.0. The fourth-order valence-electron chi connectivity index (χ4n) is 1.92. The van der Waals surface area contributed by atoms with Crippen molar-refractivity contribution in [2.24, 2.45) is 0 Å². The molecular formula is C15H10BrNO2. The van der Waals surface area contributed by atoms with E-state index in [1.54, 1.807) is 0 Å². The molecule has 0 atom stereocenters. The molecule has 0 unspecified atom stereocenters. The highest BCUT2D eigenvalue weighted by Gasteiger charge is 2.16. The third-order valence-corrected chi connectivity index (χ3v) is 3.52. The molecule has 0 aliphatic rings. The molecule has 3 rings (SSSR count). The molecule has 0 bridgehead atoms. The van der Waals surface area contributed by atoms with Gasteiger partial charge in [-0.05, 0) is 28.1 Å². The first-order valence-corrected chi connectivity index (χ1v) is 6.59. The average molecular weight is 316 g/mol. The van der Waals surface area contributed by atoms with Crippen LogP contribution in [0.2, 0.25) is 0 Å². The van der Waals surface area contributed by atoms with E-state index in [1.807, 2.05) is 60.7 Å². The monoisotopic (exact) mass is 315 g/mol. The van der Waals surface area contributed by atoms with Crippen LogP contribution in [0, 0.1) is 0 Å². The van der Waals surface area contributed by atoms with Crippen molar-refractivity contribution in [3.05, 3.63) is 75.8 Å². The standard InChI is InChI=1S/C15H10BrNO2/c16-14-13(11-7-3-1-4-8-11)19-15(18)17(14)12-9-5-2-6-10-12/h1-10H. The van der Waals surface area contributed by atoms with Crippen LogP contribution in [0.4, 0.5) is 0 Å². The number of oxazole rings is 1. The molecule has 0 N–H and O–H groups in total. The van der Waals surface area contributed by atoms with Gasteiger partial charge in [0.1, 0.15) is 4.60 Å². The molecule has 19 heavy (non-hydrogen) atoms. The highest BCUT2D eigenvalue weighted by Crippen LogP contribution is 2.28. The third kappa shape index (κ3) is 2.15. The van der Waals surface area contributed by atoms with E-state index in [9.17, 15) is 4.79 Å². The van der Waals surface area contributed by atoms with Gasteiger partial charge < -0.3 is 4.42 Å². The Morgan fingerprint density at radius 1 is 0.895 bits per heavy atom. The van der Waals surface area contributed by atoms with Crippen molar-refractivity contribution in [1.29, 1.82) is 0 Å². The summed E-state index contributed by atoms with van der Waals surface area (Å²) in [4.78, 5) is 12.0. The van der Waals surface area contributed by atoms with Gasteiger partial charge in [0.2, 0.25) is 0 Å². The van der Waals surface area contributed by atoms with Gasteiger partial charge >= 0.3 is 5.76 Å². The van der Waals surface area contributed by atoms with Crippen LogP contribution in [0.1, 0.15) is 0 Å². The van der Waals surface area contributed by atoms with Gasteiger partial charge in [0.15, 0.2) is 5.76 Å². The molecule has 0 aliphatic heterocycles. The summed E-state index contributed by atoms with van der Waals surface area (Å²) in [6.45, 7) is 0. The first-order chi connectivity index (χ1) is 9.27. The zero-order valence-corrected chi connectivity index (χ0v) is 11.5. The van der Waals surface area contributed by atoms with Gasteiger partial charge in [-0.25, -0.2) is 9.36 Å². The highest BCUT2D eigenvalue weighted by atomic mass is 79.9. The van der Waals surface area contributed by atoms with Gasteiger partial charge in [0, 0.05) is 5.56 Å². The van der Waals surface area contributed by atoms with Crippen molar-refractivity contribution >= 4 is 15.9 Å². The number of hydrogen-bond donors (Lipinski definition) is 0. The summed E-state index contributed by atoms with van der Waals surface area (Å²) < 4.78 is 7.47. The second-order valence-electron chi connectivity index (χ2n) is 4.02. The van der Waals surface area contributed by atoms with Crippen molar-refractivity contribution in [2.75, 3.05) is 0 Å². The summed E-state index contributed by atoms with van der Waals surface area (Å²) in [5.74, 6) is 0.131. The zero-order chi connectivity index (χ0) is 13.2. The molecule has 0 spiro atoms. The molecule has 1 heterocycles. The minimum Gasteiger partial charge on any atom is -0.406 e. The minimum atomic E-state index is -0.406. The van der Waals surface area contributed by atoms with Gasteiger partial charge in [0.05, 0.1) is 5.69 Å². The van der Waals surface area contributed by atoms with E-state index in [1.165, 1.54) is 4.57 Å². The lowest BCUT2D eigenvalue weighted by Gasteiger charge is -2.01. The summed E-state index contributed by atoms with van der Waals surface area (Å²) in [5.41, 5.74) is 1.63. The number of aromatic nitrogens is 1. The first kappa shape index (κ1) is 12.0. The quantitative estimate of drug-likeness (QED) is 0.719. The average Bonchev–Trinajstić information content (AvgIpc) is 2.76. The lowest BCUT2D eigenvalue weighted by molar-refractivity contribution is 0.516. The molecule has 3 nitrogen and oxygen atoms in total. The van der Waals surface area contributed by atoms with Gasteiger partial charge in [-0.2, -0.15) is 0 Å². The largest absolute Gasteiger partial charge is 0.425 e. The van der Waals surface area contributed by atoms with E-state index in [4.69, 9.17) is 4.42 Å². The van der Waals surface area contributed by atoms with Crippen LogP contribution in [0.3, 0.4) is 0 Å². The topological polar surface area (TPSA) is 35.1 Å². The maximum Gasteiger partial charge on any atom is 0.425 e. The predicted molar refractivity (Wildman–Crippen MR) is 77.4 cm³/mol. The molecule has 4 heteroatoms. The molecule has 0 saturated carbocycles. The van der Waals surface area contributed by atoms with Crippen molar-refractivity contribution in [3.8, 4) is 17.0 Å². The molecule has 94 valence electrons. The Morgan fingerprint density at radius 3 is 2.11 bits per heavy atom. The number of rotatable bonds is 2. The Kier molecular flexibility index (Phi) is 3.09. The Balaban J connectivity index is 2.20. The van der Waals surface area contributed by atoms with Crippen LogP contribution in [-0.2, 0) is 0 Å². The fourth-order valence-corrected chi connectivity index (χ4v) is 2.58. The molecule has 3 aromatic rings. The van der Waals surface area contributed by atoms with Crippen molar-refractivity contribution in [3.63, 3.8) is 0 Å². The molecule has 1 aromatic heterocycles. The van der Waals surface area contributed by atoms with Gasteiger partial charge in [-0.1, -0.05) is 48.5 Å². The van der Waals surface area contributed by atoms with Gasteiger partial charge in [-0.3, -0.25) is 0 Å². The van der Waals surface area contributed by atoms with E-state index in [-0.39, 0.29) is 0 Å². The maximum absolute atomic E-state index is 12.0. The molecule has 0 saturated heterocycles. The summed E-state index contributed by atoms with van der Waals surface area (Å²) in [5, 5.41) is 0. The van der Waals surface area contributed by atoms with Gasteiger partial charge in [0.25, 0.3) is 0 Å². The minimum absolute atomic E-state index is 0.406. The zero-order valence-electron chi connectivity index (χ0n) is 9.92. The predicted octanol–water partition coefficient (Wildman–Crippen LogP) is 3.86. The normalized spacial score (nSPS) is 10.6. The molecule has 0 radical (unpaired) electrons. The molecule has 0 fully saturated rings. The lowest BCUT2D eigenvalue weighted by atomic mass is 10.2. The number of halogens is 1. The SMILES string of the molecule is O=c1oc(-c2ccccc2)c(Br)n1-c1ccccc1. The Morgan fingerprint density at radius 2 is 1.47 bits per heavy atom. The number of nitrogens with zero attached hydrogens (tertiary/aromatic N) is 1. The third-order valence-electron chi connectivity index (χ3n) is 2.81. The van der Waals surface area contributed by atoms with E-state index in [0.717, 1.165) is 11.3 Å². The van der Waals surface area contributed by atoms with Gasteiger partial charge in [-0.15, -0.1) is 0 Å². The van der Waals surface area contributed by atoms with Crippen LogP contribution in [0.25, 0.3) is 17.0 Å². The molecular weight excluding hydrogens is 306 g/mol. The summed E-state index contributed by atoms with van der Waals surface area (Å²) in [7, 11) is 0. The van der Waals surface area contributed by atoms with Crippen molar-refractivity contribution < 1.29 is 4.42 Å². The number of hydrogen-bond acceptors (Lipinski definition) is 2. The van der Waals surface area contributed by atoms with E-state index >= 15 is 0 Å². The highest BCUT2D eigenvalue weighted by molar-refractivity contribution is 9.10. The van der Waals surface area contributed by atoms with Crippen LogP contribution < -0.4 is 5.76 Å². The Bertz CT molecular complexity index is 745. The second-order valence-corrected chi connectivity index (χ2v) is 4.78. The summed E-state index contributed by atoms with van der Waals surface area (Å²) >= 11 is 3.44. The van der Waals surface area contributed by atoms with E-state index < -0.39 is 5.76 Å². The van der Waals surface area contributed by atoms with Crippen molar-refractivity contribution in [2.45, 2.75) is 0 Å². The van der Waals surface area contributed by atoms with Crippen LogP contribution in [0.15, 0.2) is 74.5 Å². The Labute approximate surface area is 118 Å². The summed E-state index contributed by atoms with van der Waals surface area (Å²) in [6, 6.07) is 18.9. The molecule has 0 aliphatic carbocycles. The number of benzene rings is 2. The lowest BCUT2D eigenvalue weighted by Crippen LogP contribution is -2.11. The number of para-hydroxylation sites is 1. The van der Waals surface area contributed by atoms with E-state index in [0.29, 0.717) is 10.4 Å². The van der Waals surface area contributed by atoms with Crippen molar-refractivity contribution in [1.82, 2.24) is 4.57 Å². The smallest absolute Gasteiger partial charge is 0.406 e. The van der Waals surface area contributed by atoms with Crippen LogP contribution in [-0.4, -0.2) is 4.57 Å². The second kappa shape index (κ2) is 4.90. The Hall–Kier alpha value is -2.07. The van der Waals surface area contributed by atoms with Crippen LogP contribution in [0.5, 0.6) is 0 Å². The van der Waals surface area contributed by atoms with E-state index in [2.05, 4.69) is 15.9 Å². The molecule has 2 aromatic carbocycles. The molecule has 0 amide bonds.